The Hall–Kier alpha value is -1.61. The Labute approximate surface area is 101 Å². The third kappa shape index (κ3) is 4.41. The van der Waals surface area contributed by atoms with Gasteiger partial charge in [-0.3, -0.25) is 0 Å². The van der Waals surface area contributed by atoms with Gasteiger partial charge in [0.25, 0.3) is 0 Å². The van der Waals surface area contributed by atoms with Crippen LogP contribution in [0.25, 0.3) is 0 Å². The van der Waals surface area contributed by atoms with E-state index in [9.17, 15) is 0 Å². The Morgan fingerprint density at radius 3 is 1.41 bits per heavy atom. The summed E-state index contributed by atoms with van der Waals surface area (Å²) >= 11 is 0. The van der Waals surface area contributed by atoms with Gasteiger partial charge in [-0.15, -0.1) is 0 Å². The van der Waals surface area contributed by atoms with Crippen molar-refractivity contribution in [1.29, 1.82) is 0 Å². The van der Waals surface area contributed by atoms with Crippen LogP contribution in [0.2, 0.25) is 0 Å². The maximum absolute atomic E-state index is 5.76. The van der Waals surface area contributed by atoms with E-state index in [0.29, 0.717) is 11.5 Å². The van der Waals surface area contributed by atoms with Crippen molar-refractivity contribution in [1.82, 2.24) is 0 Å². The zero-order valence-corrected chi connectivity index (χ0v) is 10.0. The van der Waals surface area contributed by atoms with E-state index >= 15 is 0 Å². The molecule has 0 spiro atoms. The molecular formula is C12H14NO3P. The molecule has 0 aliphatic carbocycles. The molecule has 0 unspecified atom stereocenters. The van der Waals surface area contributed by atoms with E-state index in [1.165, 1.54) is 0 Å². The topological polar surface area (TPSA) is 76.0 Å². The van der Waals surface area contributed by atoms with E-state index < -0.39 is 8.53 Å². The number of rotatable bonds is 4. The molecule has 0 fully saturated rings. The highest BCUT2D eigenvalue weighted by molar-refractivity contribution is 7.45. The predicted octanol–water partition coefficient (Wildman–Crippen LogP) is 2.51. The van der Waals surface area contributed by atoms with Crippen LogP contribution in [0.3, 0.4) is 0 Å². The highest BCUT2D eigenvalue weighted by atomic mass is 31.2. The molecule has 0 atom stereocenters. The Morgan fingerprint density at radius 2 is 1.06 bits per heavy atom. The van der Waals surface area contributed by atoms with Gasteiger partial charge in [-0.05, 0) is 24.3 Å². The first-order valence-electron chi connectivity index (χ1n) is 4.85. The van der Waals surface area contributed by atoms with Gasteiger partial charge in [0.1, 0.15) is 11.5 Å². The van der Waals surface area contributed by atoms with Crippen molar-refractivity contribution in [2.45, 2.75) is 0 Å². The van der Waals surface area contributed by atoms with Crippen LogP contribution in [0.5, 0.6) is 11.5 Å². The summed E-state index contributed by atoms with van der Waals surface area (Å²) in [7, 11) is -1.43. The van der Waals surface area contributed by atoms with Crippen molar-refractivity contribution >= 4 is 8.53 Å². The number of hydrogen-bond donors (Lipinski definition) is 1. The first kappa shape index (κ1) is 13.5. The van der Waals surface area contributed by atoms with E-state index in [-0.39, 0.29) is 5.48 Å². The summed E-state index contributed by atoms with van der Waals surface area (Å²) in [5.41, 5.74) is 5.76. The van der Waals surface area contributed by atoms with Gasteiger partial charge in [0, 0.05) is 0 Å². The molecule has 4 N–H and O–H groups in total. The standard InChI is InChI=1S/C12H12NO2P.H2O/c13-16(14-11-7-3-1-4-8-11)15-12-9-5-2-6-10-12;/h1-10H,13H2;1H2. The zero-order chi connectivity index (χ0) is 11.2. The molecule has 0 radical (unpaired) electrons. The van der Waals surface area contributed by atoms with Crippen molar-refractivity contribution in [2.75, 3.05) is 0 Å². The monoisotopic (exact) mass is 251 g/mol. The number of nitrogens with two attached hydrogens (primary N) is 1. The Morgan fingerprint density at radius 1 is 0.706 bits per heavy atom. The Kier molecular flexibility index (Phi) is 5.43. The minimum Gasteiger partial charge on any atom is -0.427 e. The third-order valence-corrected chi connectivity index (χ3v) is 2.66. The normalized spacial score (nSPS) is 9.53. The fraction of sp³-hybridized carbons (Fsp3) is 0. The largest absolute Gasteiger partial charge is 0.427 e. The minimum absolute atomic E-state index is 0. The lowest BCUT2D eigenvalue weighted by Gasteiger charge is -2.13. The van der Waals surface area contributed by atoms with E-state index in [0.717, 1.165) is 0 Å². The minimum atomic E-state index is -1.43. The lowest BCUT2D eigenvalue weighted by molar-refractivity contribution is 0.491. The molecule has 90 valence electrons. The quantitative estimate of drug-likeness (QED) is 0.848. The van der Waals surface area contributed by atoms with Gasteiger partial charge in [-0.2, -0.15) is 0 Å². The smallest absolute Gasteiger partial charge is 0.378 e. The maximum Gasteiger partial charge on any atom is 0.378 e. The van der Waals surface area contributed by atoms with E-state index in [1.54, 1.807) is 0 Å². The number of hydrogen-bond acceptors (Lipinski definition) is 3. The van der Waals surface area contributed by atoms with Gasteiger partial charge in [-0.25, -0.2) is 5.50 Å². The molecule has 4 nitrogen and oxygen atoms in total. The zero-order valence-electron chi connectivity index (χ0n) is 9.11. The maximum atomic E-state index is 5.76. The van der Waals surface area contributed by atoms with Crippen LogP contribution in [-0.4, -0.2) is 5.48 Å². The molecule has 0 amide bonds. The summed E-state index contributed by atoms with van der Waals surface area (Å²) in [6.45, 7) is 0. The molecule has 2 aromatic rings. The van der Waals surface area contributed by atoms with Crippen LogP contribution < -0.4 is 14.6 Å². The van der Waals surface area contributed by atoms with Gasteiger partial charge in [0.2, 0.25) is 0 Å². The third-order valence-electron chi connectivity index (χ3n) is 1.88. The summed E-state index contributed by atoms with van der Waals surface area (Å²) in [5, 5.41) is 0. The van der Waals surface area contributed by atoms with E-state index in [4.69, 9.17) is 14.6 Å². The highest BCUT2D eigenvalue weighted by Gasteiger charge is 2.07. The van der Waals surface area contributed by atoms with Crippen molar-refractivity contribution in [3.05, 3.63) is 60.7 Å². The molecule has 0 saturated heterocycles. The van der Waals surface area contributed by atoms with Crippen LogP contribution in [-0.2, 0) is 0 Å². The van der Waals surface area contributed by atoms with Crippen molar-refractivity contribution in [2.24, 2.45) is 5.50 Å². The SMILES string of the molecule is NP(Oc1ccccc1)Oc1ccccc1.O. The Bertz CT molecular complexity index is 383. The Balaban J connectivity index is 0.00000144. The predicted molar refractivity (Wildman–Crippen MR) is 68.9 cm³/mol. The highest BCUT2D eigenvalue weighted by Crippen LogP contribution is 2.32. The summed E-state index contributed by atoms with van der Waals surface area (Å²) in [5.74, 6) is 1.43. The second-order valence-electron chi connectivity index (χ2n) is 3.09. The van der Waals surface area contributed by atoms with Crippen molar-refractivity contribution in [3.63, 3.8) is 0 Å². The second kappa shape index (κ2) is 6.86. The van der Waals surface area contributed by atoms with Gasteiger partial charge in [-0.1, -0.05) is 36.4 Å². The molecular weight excluding hydrogens is 237 g/mol. The van der Waals surface area contributed by atoms with Crippen LogP contribution in [0.15, 0.2) is 60.7 Å². The summed E-state index contributed by atoms with van der Waals surface area (Å²) in [6, 6.07) is 18.8. The molecule has 0 aromatic heterocycles. The summed E-state index contributed by atoms with van der Waals surface area (Å²) in [6.07, 6.45) is 0. The van der Waals surface area contributed by atoms with E-state index in [2.05, 4.69) is 0 Å². The first-order chi connectivity index (χ1) is 7.84. The molecule has 0 heterocycles. The number of benzene rings is 2. The molecule has 0 aliphatic rings. The molecule has 17 heavy (non-hydrogen) atoms. The average molecular weight is 251 g/mol. The molecule has 5 heteroatoms. The number of para-hydroxylation sites is 2. The summed E-state index contributed by atoms with van der Waals surface area (Å²) < 4.78 is 10.9. The van der Waals surface area contributed by atoms with Crippen molar-refractivity contribution < 1.29 is 14.5 Å². The van der Waals surface area contributed by atoms with Gasteiger partial charge < -0.3 is 14.5 Å². The summed E-state index contributed by atoms with van der Waals surface area (Å²) in [4.78, 5) is 0. The van der Waals surface area contributed by atoms with Gasteiger partial charge in [0.15, 0.2) is 0 Å². The molecule has 0 bridgehead atoms. The van der Waals surface area contributed by atoms with Gasteiger partial charge in [0.05, 0.1) is 0 Å². The molecule has 2 rings (SSSR count). The van der Waals surface area contributed by atoms with Crippen LogP contribution in [0.4, 0.5) is 0 Å². The fourth-order valence-corrected chi connectivity index (χ4v) is 1.89. The lowest BCUT2D eigenvalue weighted by atomic mass is 10.3. The van der Waals surface area contributed by atoms with Crippen LogP contribution in [0.1, 0.15) is 0 Å². The average Bonchev–Trinajstić information content (AvgIpc) is 2.31. The molecule has 2 aromatic carbocycles. The van der Waals surface area contributed by atoms with Crippen LogP contribution in [0, 0.1) is 0 Å². The first-order valence-corrected chi connectivity index (χ1v) is 6.10. The van der Waals surface area contributed by atoms with Crippen LogP contribution >= 0.6 is 8.53 Å². The molecule has 0 saturated carbocycles. The van der Waals surface area contributed by atoms with Gasteiger partial charge >= 0.3 is 8.53 Å². The second-order valence-corrected chi connectivity index (χ2v) is 4.03. The van der Waals surface area contributed by atoms with E-state index in [1.807, 2.05) is 60.7 Å². The molecule has 0 aliphatic heterocycles. The lowest BCUT2D eigenvalue weighted by Crippen LogP contribution is -2.03. The van der Waals surface area contributed by atoms with Crippen molar-refractivity contribution in [3.8, 4) is 11.5 Å². The fourth-order valence-electron chi connectivity index (χ4n) is 1.19.